The van der Waals surface area contributed by atoms with Crippen molar-refractivity contribution in [3.8, 4) is 0 Å². The van der Waals surface area contributed by atoms with Gasteiger partial charge in [-0.3, -0.25) is 4.79 Å². The van der Waals surface area contributed by atoms with Crippen LogP contribution in [0.15, 0.2) is 65.2 Å². The number of carbonyl (C=O) groups excluding carboxylic acids is 1. The van der Waals surface area contributed by atoms with Crippen molar-refractivity contribution < 1.29 is 4.79 Å². The number of thioether (sulfide) groups is 2. The molecule has 0 spiro atoms. The maximum Gasteiger partial charge on any atom is 0.234 e. The van der Waals surface area contributed by atoms with Gasteiger partial charge in [-0.1, -0.05) is 64.8 Å². The molecule has 30 heavy (non-hydrogen) atoms. The largest absolute Gasteiger partial charge is 0.324 e. The predicted molar refractivity (Wildman–Crippen MR) is 127 cm³/mol. The Labute approximate surface area is 194 Å². The summed E-state index contributed by atoms with van der Waals surface area (Å²) in [6.45, 7) is 6.45. The molecule has 0 aliphatic heterocycles. The number of halogens is 2. The molecule has 0 fully saturated rings. The summed E-state index contributed by atoms with van der Waals surface area (Å²) >= 11 is 15.1. The van der Waals surface area contributed by atoms with Gasteiger partial charge in [0.1, 0.15) is 5.82 Å². The van der Waals surface area contributed by atoms with Crippen LogP contribution in [-0.4, -0.2) is 26.4 Å². The molecule has 3 rings (SSSR count). The third-order valence-corrected chi connectivity index (χ3v) is 6.85. The number of carbonyl (C=O) groups is 1. The molecule has 0 radical (unpaired) electrons. The van der Waals surface area contributed by atoms with Crippen LogP contribution in [0.4, 0.5) is 5.69 Å². The Morgan fingerprint density at radius 1 is 1.17 bits per heavy atom. The van der Waals surface area contributed by atoms with Crippen molar-refractivity contribution in [1.82, 2.24) is 14.8 Å². The van der Waals surface area contributed by atoms with Crippen LogP contribution in [0, 0.1) is 6.92 Å². The van der Waals surface area contributed by atoms with Crippen LogP contribution in [-0.2, 0) is 17.1 Å². The number of nitrogens with zero attached hydrogens (tertiary/aromatic N) is 3. The molecule has 0 atom stereocenters. The maximum atomic E-state index is 12.3. The average Bonchev–Trinajstić information content (AvgIpc) is 3.11. The number of allylic oxidation sites excluding steroid dienone is 1. The average molecular weight is 479 g/mol. The zero-order valence-electron chi connectivity index (χ0n) is 16.3. The number of aryl methyl sites for hydroxylation is 1. The Bertz CT molecular complexity index is 1040. The van der Waals surface area contributed by atoms with Crippen LogP contribution >= 0.6 is 46.7 Å². The molecule has 3 aromatic rings. The highest BCUT2D eigenvalue weighted by Gasteiger charge is 2.15. The molecule has 0 saturated carbocycles. The first-order valence-corrected chi connectivity index (χ1v) is 11.8. The van der Waals surface area contributed by atoms with Crippen molar-refractivity contribution in [2.45, 2.75) is 29.3 Å². The molecule has 1 heterocycles. The van der Waals surface area contributed by atoms with E-state index in [1.807, 2.05) is 4.57 Å². The van der Waals surface area contributed by atoms with E-state index in [-0.39, 0.29) is 11.7 Å². The highest BCUT2D eigenvalue weighted by Crippen LogP contribution is 2.30. The van der Waals surface area contributed by atoms with Gasteiger partial charge in [-0.15, -0.1) is 28.5 Å². The van der Waals surface area contributed by atoms with E-state index in [9.17, 15) is 4.79 Å². The Morgan fingerprint density at radius 3 is 2.67 bits per heavy atom. The van der Waals surface area contributed by atoms with E-state index >= 15 is 0 Å². The lowest BCUT2D eigenvalue weighted by Crippen LogP contribution is -2.15. The van der Waals surface area contributed by atoms with Gasteiger partial charge in [0.2, 0.25) is 5.91 Å². The fourth-order valence-electron chi connectivity index (χ4n) is 2.54. The minimum absolute atomic E-state index is 0.170. The van der Waals surface area contributed by atoms with Gasteiger partial charge >= 0.3 is 0 Å². The number of anilines is 1. The summed E-state index contributed by atoms with van der Waals surface area (Å²) in [5, 5.41) is 12.7. The molecular weight excluding hydrogens is 459 g/mol. The summed E-state index contributed by atoms with van der Waals surface area (Å²) in [6, 6.07) is 13.5. The van der Waals surface area contributed by atoms with E-state index in [0.717, 1.165) is 5.82 Å². The SMILES string of the molecule is C=CCn1c(CSc2ccc(C)cc2)nnc1SCC(=O)Nc1cccc(Cl)c1Cl. The molecule has 1 N–H and O–H groups in total. The van der Waals surface area contributed by atoms with Gasteiger partial charge < -0.3 is 9.88 Å². The Morgan fingerprint density at radius 2 is 1.93 bits per heavy atom. The second-order valence-electron chi connectivity index (χ2n) is 6.34. The van der Waals surface area contributed by atoms with E-state index in [0.29, 0.717) is 33.2 Å². The Kier molecular flexibility index (Phi) is 8.27. The molecule has 9 heteroatoms. The molecule has 5 nitrogen and oxygen atoms in total. The van der Waals surface area contributed by atoms with Gasteiger partial charge in [0.15, 0.2) is 5.16 Å². The molecule has 1 amide bonds. The normalized spacial score (nSPS) is 10.8. The first-order chi connectivity index (χ1) is 14.5. The minimum atomic E-state index is -0.201. The van der Waals surface area contributed by atoms with Crippen molar-refractivity contribution in [1.29, 1.82) is 0 Å². The van der Waals surface area contributed by atoms with E-state index < -0.39 is 0 Å². The first kappa shape index (κ1) is 22.7. The highest BCUT2D eigenvalue weighted by atomic mass is 35.5. The smallest absolute Gasteiger partial charge is 0.234 e. The van der Waals surface area contributed by atoms with Crippen molar-refractivity contribution in [3.63, 3.8) is 0 Å². The molecule has 0 bridgehead atoms. The van der Waals surface area contributed by atoms with Crippen LogP contribution in [0.25, 0.3) is 0 Å². The van der Waals surface area contributed by atoms with Gasteiger partial charge in [0, 0.05) is 11.4 Å². The number of nitrogens with one attached hydrogen (secondary N) is 1. The third kappa shape index (κ3) is 6.04. The first-order valence-electron chi connectivity index (χ1n) is 9.07. The van der Waals surface area contributed by atoms with E-state index in [1.54, 1.807) is 36.0 Å². The third-order valence-electron chi connectivity index (χ3n) is 4.05. The molecule has 0 saturated heterocycles. The maximum absolute atomic E-state index is 12.3. The summed E-state index contributed by atoms with van der Waals surface area (Å²) in [6.07, 6.45) is 1.79. The molecule has 0 aliphatic rings. The van der Waals surface area contributed by atoms with Gasteiger partial charge in [-0.2, -0.15) is 0 Å². The number of benzene rings is 2. The lowest BCUT2D eigenvalue weighted by molar-refractivity contribution is -0.113. The number of rotatable bonds is 9. The number of aromatic nitrogens is 3. The molecule has 1 aromatic heterocycles. The summed E-state index contributed by atoms with van der Waals surface area (Å²) in [5.41, 5.74) is 1.71. The van der Waals surface area contributed by atoms with Crippen LogP contribution in [0.2, 0.25) is 10.0 Å². The Hall–Kier alpha value is -1.93. The topological polar surface area (TPSA) is 59.8 Å². The van der Waals surface area contributed by atoms with E-state index in [1.165, 1.54) is 22.2 Å². The van der Waals surface area contributed by atoms with Crippen LogP contribution in [0.3, 0.4) is 0 Å². The quantitative estimate of drug-likeness (QED) is 0.297. The van der Waals surface area contributed by atoms with Crippen LogP contribution < -0.4 is 5.32 Å². The molecular formula is C21H20Cl2N4OS2. The van der Waals surface area contributed by atoms with Gasteiger partial charge in [0.05, 0.1) is 27.2 Å². The van der Waals surface area contributed by atoms with Crippen molar-refractivity contribution in [2.24, 2.45) is 0 Å². The molecule has 0 aliphatic carbocycles. The van der Waals surface area contributed by atoms with Crippen molar-refractivity contribution >= 4 is 58.3 Å². The highest BCUT2D eigenvalue weighted by molar-refractivity contribution is 7.99. The molecule has 0 unspecified atom stereocenters. The van der Waals surface area contributed by atoms with Gasteiger partial charge in [0.25, 0.3) is 0 Å². The zero-order chi connectivity index (χ0) is 21.5. The number of hydrogen-bond acceptors (Lipinski definition) is 5. The van der Waals surface area contributed by atoms with Crippen LogP contribution in [0.5, 0.6) is 0 Å². The summed E-state index contributed by atoms with van der Waals surface area (Å²) in [4.78, 5) is 13.5. The number of amides is 1. The molecule has 2 aromatic carbocycles. The second-order valence-corrected chi connectivity index (χ2v) is 9.11. The standard InChI is InChI=1S/C21H20Cl2N4OS2/c1-3-11-27-18(12-29-15-9-7-14(2)8-10-15)25-26-21(27)30-13-19(28)24-17-6-4-5-16(22)20(17)23/h3-10H,1,11-13H2,2H3,(H,24,28). The van der Waals surface area contributed by atoms with Gasteiger partial charge in [-0.25, -0.2) is 0 Å². The summed E-state index contributed by atoms with van der Waals surface area (Å²) in [5.74, 6) is 1.48. The van der Waals surface area contributed by atoms with Crippen LogP contribution in [0.1, 0.15) is 11.4 Å². The monoisotopic (exact) mass is 478 g/mol. The predicted octanol–water partition coefficient (Wildman–Crippen LogP) is 6.10. The minimum Gasteiger partial charge on any atom is -0.324 e. The molecule has 156 valence electrons. The van der Waals surface area contributed by atoms with Gasteiger partial charge in [-0.05, 0) is 31.2 Å². The van der Waals surface area contributed by atoms with Crippen molar-refractivity contribution in [2.75, 3.05) is 11.1 Å². The zero-order valence-corrected chi connectivity index (χ0v) is 19.4. The second kappa shape index (κ2) is 10.9. The lowest BCUT2D eigenvalue weighted by Gasteiger charge is -2.09. The van der Waals surface area contributed by atoms with E-state index in [4.69, 9.17) is 23.2 Å². The Balaban J connectivity index is 1.62. The lowest BCUT2D eigenvalue weighted by atomic mass is 10.2. The van der Waals surface area contributed by atoms with Crippen molar-refractivity contribution in [3.05, 3.63) is 76.6 Å². The summed E-state index contributed by atoms with van der Waals surface area (Å²) in [7, 11) is 0. The fraction of sp³-hybridized carbons (Fsp3) is 0.190. The number of hydrogen-bond donors (Lipinski definition) is 1. The fourth-order valence-corrected chi connectivity index (χ4v) is 4.50. The summed E-state index contributed by atoms with van der Waals surface area (Å²) < 4.78 is 1.97. The van der Waals surface area contributed by atoms with E-state index in [2.05, 4.69) is 53.3 Å².